The highest BCUT2D eigenvalue weighted by molar-refractivity contribution is 6.46. The van der Waals surface area contributed by atoms with E-state index in [-0.39, 0.29) is 12.2 Å². The van der Waals surface area contributed by atoms with Gasteiger partial charge >= 0.3 is 0 Å². The number of Topliss-reactive ketones (excluding diaryl/α,β-unsaturated/α-hetero) is 2. The molecule has 1 aromatic carbocycles. The Balaban J connectivity index is 2.19. The highest BCUT2D eigenvalue weighted by Gasteiger charge is 2.30. The zero-order valence-electron chi connectivity index (χ0n) is 16.0. The fraction of sp³-hybridized carbons (Fsp3) is 0.333. The Labute approximate surface area is 156 Å². The summed E-state index contributed by atoms with van der Waals surface area (Å²) >= 11 is 0. The van der Waals surface area contributed by atoms with Crippen molar-refractivity contribution in [3.05, 3.63) is 44.4 Å². The normalized spacial score (nSPS) is 14.4. The second-order valence-corrected chi connectivity index (χ2v) is 7.04. The van der Waals surface area contributed by atoms with Gasteiger partial charge in [0.1, 0.15) is 11.5 Å². The van der Waals surface area contributed by atoms with Gasteiger partial charge in [-0.25, -0.2) is 0 Å². The molecule has 2 aromatic rings. The Morgan fingerprint density at radius 2 is 1.81 bits per heavy atom. The van der Waals surface area contributed by atoms with E-state index < -0.39 is 5.78 Å². The number of hydrogen-bond donors (Lipinski definition) is 0. The maximum absolute atomic E-state index is 12.7. The zero-order valence-corrected chi connectivity index (χ0v) is 16.0. The van der Waals surface area contributed by atoms with E-state index in [0.717, 1.165) is 39.0 Å². The van der Waals surface area contributed by atoms with Crippen molar-refractivity contribution < 1.29 is 19.1 Å². The zero-order chi connectivity index (χ0) is 19.3. The maximum Gasteiger partial charge on any atom is 0.231 e. The standard InChI is InChI=1S/C21H22N2O4/c1-22(2)9-10-23-14-5-6-15(24)21(25)18(14)13-11-12-16(26-3)7-8-17(27-4)19(12)20(13)23/h5,7-8,11H,6,9-10H2,1-4H3. The Morgan fingerprint density at radius 3 is 2.48 bits per heavy atom. The van der Waals surface area contributed by atoms with Crippen LogP contribution in [0.15, 0.2) is 12.1 Å². The van der Waals surface area contributed by atoms with Gasteiger partial charge in [0.25, 0.3) is 0 Å². The average Bonchev–Trinajstić information content (AvgIpc) is 3.17. The number of benzene rings is 1. The Hall–Kier alpha value is -2.86. The number of ether oxygens (including phenoxy) is 2. The van der Waals surface area contributed by atoms with E-state index in [0.29, 0.717) is 17.9 Å². The largest absolute Gasteiger partial charge is 0.496 e. The number of carbonyl (C=O) groups excluding carboxylic acids is 2. The van der Waals surface area contributed by atoms with Crippen LogP contribution >= 0.6 is 0 Å². The van der Waals surface area contributed by atoms with Crippen molar-refractivity contribution in [1.29, 1.82) is 0 Å². The first-order valence-corrected chi connectivity index (χ1v) is 8.90. The van der Waals surface area contributed by atoms with Crippen molar-refractivity contribution in [3.8, 4) is 11.5 Å². The number of rotatable bonds is 5. The fourth-order valence-corrected chi connectivity index (χ4v) is 3.93. The second-order valence-electron chi connectivity index (χ2n) is 7.04. The van der Waals surface area contributed by atoms with E-state index in [2.05, 4.69) is 9.47 Å². The van der Waals surface area contributed by atoms with Crippen LogP contribution in [0.25, 0.3) is 12.2 Å². The van der Waals surface area contributed by atoms with Gasteiger partial charge in [0.15, 0.2) is 0 Å². The third-order valence-corrected chi connectivity index (χ3v) is 5.21. The van der Waals surface area contributed by atoms with Gasteiger partial charge < -0.3 is 18.9 Å². The quantitative estimate of drug-likeness (QED) is 0.613. The molecule has 6 heteroatoms. The highest BCUT2D eigenvalue weighted by atomic mass is 16.5. The smallest absolute Gasteiger partial charge is 0.231 e. The van der Waals surface area contributed by atoms with Crippen LogP contribution < -0.4 is 20.0 Å². The molecule has 0 amide bonds. The second kappa shape index (κ2) is 6.39. The summed E-state index contributed by atoms with van der Waals surface area (Å²) in [6.07, 6.45) is 3.97. The van der Waals surface area contributed by atoms with Crippen molar-refractivity contribution in [2.75, 3.05) is 34.9 Å². The van der Waals surface area contributed by atoms with E-state index in [1.807, 2.05) is 38.4 Å². The molecule has 0 radical (unpaired) electrons. The van der Waals surface area contributed by atoms with E-state index in [1.54, 1.807) is 14.2 Å². The van der Waals surface area contributed by atoms with Crippen LogP contribution in [0.1, 0.15) is 22.3 Å². The molecule has 0 unspecified atom stereocenters. The van der Waals surface area contributed by atoms with Crippen LogP contribution in [0.2, 0.25) is 0 Å². The van der Waals surface area contributed by atoms with E-state index in [1.165, 1.54) is 0 Å². The summed E-state index contributed by atoms with van der Waals surface area (Å²) in [5.74, 6) is 0.668. The minimum absolute atomic E-state index is 0.152. The van der Waals surface area contributed by atoms with Crippen molar-refractivity contribution >= 4 is 23.7 Å². The molecular weight excluding hydrogens is 344 g/mol. The van der Waals surface area contributed by atoms with Crippen LogP contribution in [0.5, 0.6) is 11.5 Å². The predicted octanol–water partition coefficient (Wildman–Crippen LogP) is 0.432. The van der Waals surface area contributed by atoms with Crippen LogP contribution in [-0.4, -0.2) is 55.9 Å². The van der Waals surface area contributed by atoms with Crippen LogP contribution in [0.4, 0.5) is 0 Å². The lowest BCUT2D eigenvalue weighted by molar-refractivity contribution is -0.114. The number of nitrogens with zero attached hydrogens (tertiary/aromatic N) is 2. The lowest BCUT2D eigenvalue weighted by Crippen LogP contribution is -2.33. The number of hydrogen-bond acceptors (Lipinski definition) is 5. The molecule has 0 saturated heterocycles. The van der Waals surface area contributed by atoms with Gasteiger partial charge in [0.2, 0.25) is 11.6 Å². The molecule has 4 rings (SSSR count). The van der Waals surface area contributed by atoms with E-state index in [9.17, 15) is 9.59 Å². The van der Waals surface area contributed by atoms with E-state index >= 15 is 0 Å². The van der Waals surface area contributed by atoms with Gasteiger partial charge in [-0.05, 0) is 32.3 Å². The Kier molecular flexibility index (Phi) is 4.15. The van der Waals surface area contributed by atoms with Crippen LogP contribution in [-0.2, 0) is 11.3 Å². The summed E-state index contributed by atoms with van der Waals surface area (Å²) in [5, 5.41) is 3.55. The molecular formula is C21H22N2O4. The van der Waals surface area contributed by atoms with Crippen LogP contribution in [0.3, 0.4) is 0 Å². The number of carbonyl (C=O) groups is 2. The van der Waals surface area contributed by atoms with Crippen LogP contribution in [0, 0.1) is 10.6 Å². The van der Waals surface area contributed by atoms with Gasteiger partial charge in [0, 0.05) is 35.6 Å². The topological polar surface area (TPSA) is 60.8 Å². The number of likely N-dealkylation sites (N-methyl/N-ethyl adjacent to an activating group) is 1. The van der Waals surface area contributed by atoms with Crippen molar-refractivity contribution in [1.82, 2.24) is 9.47 Å². The maximum atomic E-state index is 12.7. The number of fused-ring (bicyclic) bond motifs is 4. The number of ketones is 2. The van der Waals surface area contributed by atoms with Crippen molar-refractivity contribution in [2.45, 2.75) is 13.0 Å². The first-order valence-electron chi connectivity index (χ1n) is 8.90. The third-order valence-electron chi connectivity index (χ3n) is 5.21. The summed E-state index contributed by atoms with van der Waals surface area (Å²) in [6.45, 7) is 1.52. The molecule has 0 N–H and O–H groups in total. The van der Waals surface area contributed by atoms with Gasteiger partial charge in [0.05, 0.1) is 30.4 Å². The molecule has 0 spiro atoms. The minimum atomic E-state index is -0.408. The molecule has 140 valence electrons. The molecule has 0 fully saturated rings. The first kappa shape index (κ1) is 17.5. The molecule has 2 aliphatic carbocycles. The van der Waals surface area contributed by atoms with Crippen molar-refractivity contribution in [3.63, 3.8) is 0 Å². The summed E-state index contributed by atoms with van der Waals surface area (Å²) in [4.78, 5) is 26.9. The Bertz CT molecular complexity index is 1190. The molecule has 0 saturated carbocycles. The van der Waals surface area contributed by atoms with Gasteiger partial charge in [-0.15, -0.1) is 0 Å². The molecule has 27 heavy (non-hydrogen) atoms. The molecule has 0 aliphatic heterocycles. The highest BCUT2D eigenvalue weighted by Crippen LogP contribution is 2.25. The average molecular weight is 366 g/mol. The molecule has 1 heterocycles. The van der Waals surface area contributed by atoms with Gasteiger partial charge in [-0.1, -0.05) is 6.08 Å². The van der Waals surface area contributed by atoms with Gasteiger partial charge in [-0.2, -0.15) is 0 Å². The van der Waals surface area contributed by atoms with Gasteiger partial charge in [-0.3, -0.25) is 9.59 Å². The fourth-order valence-electron chi connectivity index (χ4n) is 3.93. The Morgan fingerprint density at radius 1 is 1.11 bits per heavy atom. The number of aromatic nitrogens is 1. The van der Waals surface area contributed by atoms with E-state index in [4.69, 9.17) is 9.47 Å². The van der Waals surface area contributed by atoms with Crippen molar-refractivity contribution in [2.24, 2.45) is 0 Å². The summed E-state index contributed by atoms with van der Waals surface area (Å²) < 4.78 is 13.3. The third kappa shape index (κ3) is 2.51. The SMILES string of the molecule is COc1ccc(OC)c2c1=Cc1c3c(n(CCN(C)C)c1=2)=CCC(=O)C3=O. The number of methoxy groups -OCH3 is 2. The predicted molar refractivity (Wildman–Crippen MR) is 101 cm³/mol. The summed E-state index contributed by atoms with van der Waals surface area (Å²) in [5.41, 5.74) is 1.29. The first-order chi connectivity index (χ1) is 13.0. The molecule has 0 bridgehead atoms. The molecule has 2 aliphatic rings. The summed E-state index contributed by atoms with van der Waals surface area (Å²) in [6, 6.07) is 3.73. The lowest BCUT2D eigenvalue weighted by Gasteiger charge is -2.13. The summed E-state index contributed by atoms with van der Waals surface area (Å²) in [7, 11) is 7.28. The monoisotopic (exact) mass is 366 g/mol. The molecule has 0 atom stereocenters. The molecule has 1 aromatic heterocycles. The minimum Gasteiger partial charge on any atom is -0.496 e. The lowest BCUT2D eigenvalue weighted by atomic mass is 9.98. The molecule has 6 nitrogen and oxygen atoms in total.